The van der Waals surface area contributed by atoms with Gasteiger partial charge in [0.05, 0.1) is 0 Å². The van der Waals surface area contributed by atoms with Gasteiger partial charge in [-0.15, -0.1) is 0 Å². The number of rotatable bonds is 7. The monoisotopic (exact) mass is 403 g/mol. The number of alkyl halides is 3. The Morgan fingerprint density at radius 2 is 1.91 bits per heavy atom. The fraction of sp³-hybridized carbons (Fsp3) is 0.417. The van der Waals surface area contributed by atoms with E-state index in [1.54, 1.807) is 24.3 Å². The van der Waals surface area contributed by atoms with E-state index < -0.39 is 20.7 Å². The van der Waals surface area contributed by atoms with Crippen molar-refractivity contribution < 1.29 is 17.7 Å². The Kier molecular flexibility index (Phi) is 7.69. The third kappa shape index (κ3) is 9.72. The summed E-state index contributed by atoms with van der Waals surface area (Å²) in [7, 11) is -4.19. The van der Waals surface area contributed by atoms with Crippen LogP contribution in [0.4, 0.5) is 0 Å². The molecule has 11 heteroatoms. The third-order valence-electron chi connectivity index (χ3n) is 2.45. The van der Waals surface area contributed by atoms with Crippen molar-refractivity contribution in [1.29, 1.82) is 0 Å². The summed E-state index contributed by atoms with van der Waals surface area (Å²) < 4.78 is 27.4. The lowest BCUT2D eigenvalue weighted by Crippen LogP contribution is -2.39. The Morgan fingerprint density at radius 3 is 2.48 bits per heavy atom. The molecule has 0 saturated carbocycles. The number of aromatic hydroxyl groups is 1. The molecular weight excluding hydrogens is 389 g/mol. The van der Waals surface area contributed by atoms with Gasteiger partial charge in [-0.2, -0.15) is 8.42 Å². The fourth-order valence-electron chi connectivity index (χ4n) is 1.48. The van der Waals surface area contributed by atoms with E-state index in [-0.39, 0.29) is 11.7 Å². The van der Waals surface area contributed by atoms with Gasteiger partial charge in [-0.3, -0.25) is 4.99 Å². The molecule has 23 heavy (non-hydrogen) atoms. The van der Waals surface area contributed by atoms with Crippen LogP contribution in [0.1, 0.15) is 12.0 Å². The van der Waals surface area contributed by atoms with E-state index in [2.05, 4.69) is 9.18 Å². The number of phenols is 1. The number of hydrogen-bond donors (Lipinski definition) is 3. The van der Waals surface area contributed by atoms with Crippen molar-refractivity contribution in [3.63, 3.8) is 0 Å². The Bertz CT molecular complexity index is 630. The highest BCUT2D eigenvalue weighted by Crippen LogP contribution is 2.26. The first kappa shape index (κ1) is 20.1. The first-order valence-electron chi connectivity index (χ1n) is 6.39. The predicted octanol–water partition coefficient (Wildman–Crippen LogP) is 1.86. The van der Waals surface area contributed by atoms with Gasteiger partial charge in [0.1, 0.15) is 12.4 Å². The number of halogens is 3. The van der Waals surface area contributed by atoms with Crippen LogP contribution in [0.3, 0.4) is 0 Å². The van der Waals surface area contributed by atoms with E-state index in [4.69, 9.17) is 45.6 Å². The van der Waals surface area contributed by atoms with Crippen molar-refractivity contribution in [1.82, 2.24) is 4.72 Å². The lowest BCUT2D eigenvalue weighted by atomic mass is 10.1. The molecular formula is C12H16Cl3N3O4S. The van der Waals surface area contributed by atoms with Crippen LogP contribution in [-0.4, -0.2) is 36.4 Å². The minimum atomic E-state index is -4.19. The zero-order valence-electron chi connectivity index (χ0n) is 11.9. The van der Waals surface area contributed by atoms with E-state index in [9.17, 15) is 8.42 Å². The summed E-state index contributed by atoms with van der Waals surface area (Å²) in [6.45, 7) is -0.346. The standard InChI is InChI=1S/C12H16Cl3N3O4S/c13-12(14,15)8-22-23(20,21)18-11(16)17-7-1-2-9-3-5-10(19)6-4-9/h3-6,19H,1-2,7-8H2,(H3,16,17,18). The number of guanidine groups is 1. The van der Waals surface area contributed by atoms with Gasteiger partial charge in [0.2, 0.25) is 9.75 Å². The molecule has 0 fully saturated rings. The number of benzene rings is 1. The minimum absolute atomic E-state index is 0.195. The Hall–Kier alpha value is -0.930. The maximum atomic E-state index is 11.5. The van der Waals surface area contributed by atoms with Gasteiger partial charge in [0.15, 0.2) is 0 Å². The second-order valence-electron chi connectivity index (χ2n) is 4.47. The quantitative estimate of drug-likeness (QED) is 0.278. The van der Waals surface area contributed by atoms with Crippen LogP contribution in [0.2, 0.25) is 0 Å². The molecule has 0 aliphatic rings. The zero-order chi connectivity index (χ0) is 17.5. The van der Waals surface area contributed by atoms with Gasteiger partial charge in [0, 0.05) is 6.54 Å². The van der Waals surface area contributed by atoms with Crippen molar-refractivity contribution in [2.45, 2.75) is 16.6 Å². The summed E-state index contributed by atoms with van der Waals surface area (Å²) >= 11 is 16.1. The average Bonchev–Trinajstić information content (AvgIpc) is 2.42. The largest absolute Gasteiger partial charge is 0.508 e. The van der Waals surface area contributed by atoms with Crippen LogP contribution < -0.4 is 10.5 Å². The maximum Gasteiger partial charge on any atom is 0.362 e. The number of nitrogens with two attached hydrogens (primary N) is 1. The van der Waals surface area contributed by atoms with E-state index in [0.29, 0.717) is 19.4 Å². The van der Waals surface area contributed by atoms with Crippen molar-refractivity contribution in [2.24, 2.45) is 10.7 Å². The Balaban J connectivity index is 2.37. The van der Waals surface area contributed by atoms with Crippen LogP contribution in [-0.2, 0) is 20.9 Å². The van der Waals surface area contributed by atoms with E-state index in [1.165, 1.54) is 0 Å². The average molecular weight is 405 g/mol. The van der Waals surface area contributed by atoms with Gasteiger partial charge in [-0.1, -0.05) is 46.9 Å². The lowest BCUT2D eigenvalue weighted by Gasteiger charge is -2.12. The molecule has 0 aliphatic carbocycles. The molecule has 0 saturated heterocycles. The minimum Gasteiger partial charge on any atom is -0.508 e. The second-order valence-corrected chi connectivity index (χ2v) is 8.33. The predicted molar refractivity (Wildman–Crippen MR) is 91.2 cm³/mol. The van der Waals surface area contributed by atoms with Crippen molar-refractivity contribution >= 4 is 51.1 Å². The third-order valence-corrected chi connectivity index (χ3v) is 3.66. The molecule has 1 aromatic carbocycles. The molecule has 0 atom stereocenters. The second kappa shape index (κ2) is 8.79. The maximum absolute atomic E-state index is 11.5. The van der Waals surface area contributed by atoms with Crippen LogP contribution in [0, 0.1) is 0 Å². The van der Waals surface area contributed by atoms with E-state index >= 15 is 0 Å². The number of aryl methyl sites for hydroxylation is 1. The SMILES string of the molecule is NC(=NCCCc1ccc(O)cc1)NS(=O)(=O)OCC(Cl)(Cl)Cl. The number of hydrogen-bond acceptors (Lipinski definition) is 5. The van der Waals surface area contributed by atoms with Gasteiger partial charge in [0.25, 0.3) is 0 Å². The number of phenolic OH excluding ortho intramolecular Hbond substituents is 1. The summed E-state index contributed by atoms with van der Waals surface area (Å²) in [6.07, 6.45) is 1.34. The smallest absolute Gasteiger partial charge is 0.362 e. The summed E-state index contributed by atoms with van der Waals surface area (Å²) in [4.78, 5) is 3.86. The lowest BCUT2D eigenvalue weighted by molar-refractivity contribution is 0.322. The number of nitrogens with one attached hydrogen (secondary N) is 1. The Morgan fingerprint density at radius 1 is 1.30 bits per heavy atom. The summed E-state index contributed by atoms with van der Waals surface area (Å²) in [5.74, 6) is -0.125. The topological polar surface area (TPSA) is 114 Å². The molecule has 0 radical (unpaired) electrons. The molecule has 0 aromatic heterocycles. The van der Waals surface area contributed by atoms with Gasteiger partial charge < -0.3 is 10.8 Å². The van der Waals surface area contributed by atoms with Crippen LogP contribution >= 0.6 is 34.8 Å². The molecule has 1 rings (SSSR count). The summed E-state index contributed by atoms with van der Waals surface area (Å²) in [5.41, 5.74) is 6.46. The van der Waals surface area contributed by atoms with Crippen molar-refractivity contribution in [3.05, 3.63) is 29.8 Å². The first-order chi connectivity index (χ1) is 10.6. The molecule has 0 unspecified atom stereocenters. The van der Waals surface area contributed by atoms with Crippen molar-refractivity contribution in [2.75, 3.05) is 13.2 Å². The molecule has 0 bridgehead atoms. The molecule has 130 valence electrons. The molecule has 4 N–H and O–H groups in total. The van der Waals surface area contributed by atoms with Gasteiger partial charge in [-0.05, 0) is 30.5 Å². The Labute approximate surface area is 149 Å². The number of nitrogens with zero attached hydrogens (tertiary/aromatic N) is 1. The molecule has 0 heterocycles. The zero-order valence-corrected chi connectivity index (χ0v) is 15.0. The van der Waals surface area contributed by atoms with E-state index in [1.807, 2.05) is 4.72 Å². The van der Waals surface area contributed by atoms with Gasteiger partial charge in [-0.25, -0.2) is 8.91 Å². The molecule has 7 nitrogen and oxygen atoms in total. The molecule has 1 aromatic rings. The number of aliphatic imine (C=N–C) groups is 1. The highest BCUT2D eigenvalue weighted by Gasteiger charge is 2.24. The molecule has 0 amide bonds. The normalized spacial score (nSPS) is 13.1. The highest BCUT2D eigenvalue weighted by molar-refractivity contribution is 7.85. The summed E-state index contributed by atoms with van der Waals surface area (Å²) in [6, 6.07) is 6.75. The first-order valence-corrected chi connectivity index (χ1v) is 8.93. The van der Waals surface area contributed by atoms with Crippen LogP contribution in [0.25, 0.3) is 0 Å². The van der Waals surface area contributed by atoms with Gasteiger partial charge >= 0.3 is 10.3 Å². The van der Waals surface area contributed by atoms with Crippen LogP contribution in [0.5, 0.6) is 5.75 Å². The molecule has 0 aliphatic heterocycles. The van der Waals surface area contributed by atoms with Crippen LogP contribution in [0.15, 0.2) is 29.3 Å². The van der Waals surface area contributed by atoms with E-state index in [0.717, 1.165) is 5.56 Å². The summed E-state index contributed by atoms with van der Waals surface area (Å²) in [5, 5.41) is 9.16. The fourth-order valence-corrected chi connectivity index (χ4v) is 2.55. The molecule has 0 spiro atoms. The highest BCUT2D eigenvalue weighted by atomic mass is 35.6. The van der Waals surface area contributed by atoms with Crippen molar-refractivity contribution in [3.8, 4) is 5.75 Å².